The highest BCUT2D eigenvalue weighted by atomic mass is 35.5. The lowest BCUT2D eigenvalue weighted by Crippen LogP contribution is -2.35. The fourth-order valence-corrected chi connectivity index (χ4v) is 2.55. The van der Waals surface area contributed by atoms with E-state index in [0.29, 0.717) is 11.5 Å². The highest BCUT2D eigenvalue weighted by molar-refractivity contribution is 5.89. The van der Waals surface area contributed by atoms with Gasteiger partial charge in [0.1, 0.15) is 0 Å². The van der Waals surface area contributed by atoms with Crippen molar-refractivity contribution in [3.8, 4) is 0 Å². The van der Waals surface area contributed by atoms with Gasteiger partial charge in [-0.2, -0.15) is 0 Å². The molecule has 0 saturated carbocycles. The van der Waals surface area contributed by atoms with Crippen molar-refractivity contribution in [2.24, 2.45) is 11.7 Å². The van der Waals surface area contributed by atoms with Gasteiger partial charge in [0.05, 0.1) is 12.7 Å². The molecule has 0 amide bonds. The van der Waals surface area contributed by atoms with Crippen LogP contribution in [0.25, 0.3) is 0 Å². The minimum Gasteiger partial charge on any atom is -0.465 e. The van der Waals surface area contributed by atoms with E-state index in [2.05, 4.69) is 11.0 Å². The van der Waals surface area contributed by atoms with Gasteiger partial charge < -0.3 is 10.5 Å². The molecule has 112 valence electrons. The van der Waals surface area contributed by atoms with Crippen molar-refractivity contribution < 1.29 is 9.53 Å². The van der Waals surface area contributed by atoms with Crippen LogP contribution in [-0.2, 0) is 11.3 Å². The molecule has 0 atom stereocenters. The first-order valence-electron chi connectivity index (χ1n) is 6.82. The van der Waals surface area contributed by atoms with Gasteiger partial charge in [-0.05, 0) is 56.1 Å². The number of hydrogen-bond acceptors (Lipinski definition) is 4. The second kappa shape index (κ2) is 8.25. The van der Waals surface area contributed by atoms with Gasteiger partial charge in [0.25, 0.3) is 0 Å². The molecule has 0 aromatic heterocycles. The molecule has 0 unspecified atom stereocenters. The molecule has 1 fully saturated rings. The molecule has 1 saturated heterocycles. The molecule has 1 aliphatic rings. The largest absolute Gasteiger partial charge is 0.465 e. The van der Waals surface area contributed by atoms with Crippen molar-refractivity contribution in [3.05, 3.63) is 35.4 Å². The molecule has 1 aliphatic heterocycles. The molecule has 0 radical (unpaired) electrons. The van der Waals surface area contributed by atoms with E-state index in [-0.39, 0.29) is 18.4 Å². The lowest BCUT2D eigenvalue weighted by Gasteiger charge is -2.31. The van der Waals surface area contributed by atoms with Gasteiger partial charge in [-0.3, -0.25) is 4.90 Å². The molecule has 20 heavy (non-hydrogen) atoms. The number of carbonyl (C=O) groups excluding carboxylic acids is 1. The van der Waals surface area contributed by atoms with Crippen LogP contribution in [0.4, 0.5) is 0 Å². The van der Waals surface area contributed by atoms with Gasteiger partial charge in [0.2, 0.25) is 0 Å². The van der Waals surface area contributed by atoms with Crippen LogP contribution in [-0.4, -0.2) is 37.6 Å². The predicted molar refractivity (Wildman–Crippen MR) is 82.1 cm³/mol. The first kappa shape index (κ1) is 17.0. The Morgan fingerprint density at radius 2 is 2.10 bits per heavy atom. The Morgan fingerprint density at radius 1 is 1.40 bits per heavy atom. The molecular weight excluding hydrogens is 276 g/mol. The van der Waals surface area contributed by atoms with Crippen LogP contribution in [0.2, 0.25) is 0 Å². The second-order valence-electron chi connectivity index (χ2n) is 5.15. The normalized spacial score (nSPS) is 16.5. The van der Waals surface area contributed by atoms with Gasteiger partial charge in [-0.25, -0.2) is 4.79 Å². The maximum atomic E-state index is 11.5. The number of piperidine rings is 1. The molecule has 5 heteroatoms. The Kier molecular flexibility index (Phi) is 6.99. The summed E-state index contributed by atoms with van der Waals surface area (Å²) in [5.74, 6) is 0.404. The Hall–Kier alpha value is -1.10. The third-order valence-electron chi connectivity index (χ3n) is 3.79. The number of rotatable bonds is 4. The molecule has 0 bridgehead atoms. The van der Waals surface area contributed by atoms with Gasteiger partial charge in [0, 0.05) is 6.54 Å². The Labute approximate surface area is 126 Å². The minimum absolute atomic E-state index is 0. The summed E-state index contributed by atoms with van der Waals surface area (Å²) in [5, 5.41) is 0. The number of ether oxygens (including phenoxy) is 1. The SMILES string of the molecule is COC(=O)c1cccc(CN2CCC(CN)CC2)c1.Cl. The fourth-order valence-electron chi connectivity index (χ4n) is 2.55. The number of likely N-dealkylation sites (tertiary alicyclic amines) is 1. The summed E-state index contributed by atoms with van der Waals surface area (Å²) in [4.78, 5) is 13.9. The zero-order valence-corrected chi connectivity index (χ0v) is 12.7. The molecule has 0 spiro atoms. The van der Waals surface area contributed by atoms with E-state index in [1.807, 2.05) is 12.1 Å². The molecule has 2 rings (SSSR count). The molecule has 0 aliphatic carbocycles. The summed E-state index contributed by atoms with van der Waals surface area (Å²) in [5.41, 5.74) is 7.48. The monoisotopic (exact) mass is 298 g/mol. The van der Waals surface area contributed by atoms with E-state index in [1.54, 1.807) is 6.07 Å². The van der Waals surface area contributed by atoms with Crippen LogP contribution in [0.5, 0.6) is 0 Å². The van der Waals surface area contributed by atoms with Crippen LogP contribution >= 0.6 is 12.4 Å². The maximum absolute atomic E-state index is 11.5. The van der Waals surface area contributed by atoms with E-state index < -0.39 is 0 Å². The van der Waals surface area contributed by atoms with Gasteiger partial charge >= 0.3 is 5.97 Å². The van der Waals surface area contributed by atoms with Crippen LogP contribution < -0.4 is 5.73 Å². The zero-order valence-electron chi connectivity index (χ0n) is 11.9. The third kappa shape index (κ3) is 4.47. The van der Waals surface area contributed by atoms with E-state index in [1.165, 1.54) is 20.0 Å². The van der Waals surface area contributed by atoms with Gasteiger partial charge in [-0.1, -0.05) is 12.1 Å². The number of methoxy groups -OCH3 is 1. The van der Waals surface area contributed by atoms with Crippen molar-refractivity contribution in [2.45, 2.75) is 19.4 Å². The highest BCUT2D eigenvalue weighted by Crippen LogP contribution is 2.18. The molecule has 1 heterocycles. The Bertz CT molecular complexity index is 432. The average molecular weight is 299 g/mol. The van der Waals surface area contributed by atoms with Crippen molar-refractivity contribution in [1.29, 1.82) is 0 Å². The Balaban J connectivity index is 0.00000200. The first-order valence-corrected chi connectivity index (χ1v) is 6.82. The third-order valence-corrected chi connectivity index (χ3v) is 3.79. The maximum Gasteiger partial charge on any atom is 0.337 e. The molecule has 1 aromatic rings. The van der Waals surface area contributed by atoms with Crippen molar-refractivity contribution in [2.75, 3.05) is 26.7 Å². The van der Waals surface area contributed by atoms with E-state index >= 15 is 0 Å². The quantitative estimate of drug-likeness (QED) is 0.865. The topological polar surface area (TPSA) is 55.6 Å². The summed E-state index contributed by atoms with van der Waals surface area (Å²) >= 11 is 0. The van der Waals surface area contributed by atoms with Crippen molar-refractivity contribution in [3.63, 3.8) is 0 Å². The van der Waals surface area contributed by atoms with Crippen molar-refractivity contribution >= 4 is 18.4 Å². The molecular formula is C15H23ClN2O2. The highest BCUT2D eigenvalue weighted by Gasteiger charge is 2.18. The number of benzene rings is 1. The van der Waals surface area contributed by atoms with E-state index in [9.17, 15) is 4.79 Å². The van der Waals surface area contributed by atoms with E-state index in [4.69, 9.17) is 10.5 Å². The van der Waals surface area contributed by atoms with Crippen LogP contribution in [0.15, 0.2) is 24.3 Å². The smallest absolute Gasteiger partial charge is 0.337 e. The number of carbonyl (C=O) groups is 1. The second-order valence-corrected chi connectivity index (χ2v) is 5.15. The van der Waals surface area contributed by atoms with Gasteiger partial charge in [0.15, 0.2) is 0 Å². The van der Waals surface area contributed by atoms with Crippen LogP contribution in [0.3, 0.4) is 0 Å². The van der Waals surface area contributed by atoms with Gasteiger partial charge in [-0.15, -0.1) is 12.4 Å². The lowest BCUT2D eigenvalue weighted by molar-refractivity contribution is 0.0600. The zero-order chi connectivity index (χ0) is 13.7. The number of nitrogens with zero attached hydrogens (tertiary/aromatic N) is 1. The van der Waals surface area contributed by atoms with Crippen molar-refractivity contribution in [1.82, 2.24) is 4.90 Å². The minimum atomic E-state index is -0.274. The van der Waals surface area contributed by atoms with E-state index in [0.717, 1.165) is 31.7 Å². The summed E-state index contributed by atoms with van der Waals surface area (Å²) in [6.07, 6.45) is 2.35. The molecule has 4 nitrogen and oxygen atoms in total. The Morgan fingerprint density at radius 3 is 2.70 bits per heavy atom. The fraction of sp³-hybridized carbons (Fsp3) is 0.533. The first-order chi connectivity index (χ1) is 9.22. The predicted octanol–water partition coefficient (Wildman–Crippen LogP) is 2.07. The summed E-state index contributed by atoms with van der Waals surface area (Å²) in [6, 6.07) is 7.67. The standard InChI is InChI=1S/C15H22N2O2.ClH/c1-19-15(18)14-4-2-3-13(9-14)11-17-7-5-12(10-16)6-8-17;/h2-4,9,12H,5-8,10-11,16H2,1H3;1H. The van der Waals surface area contributed by atoms with Crippen LogP contribution in [0.1, 0.15) is 28.8 Å². The number of nitrogens with two attached hydrogens (primary N) is 1. The number of esters is 1. The number of halogens is 1. The number of hydrogen-bond donors (Lipinski definition) is 1. The summed E-state index contributed by atoms with van der Waals surface area (Å²) in [6.45, 7) is 3.86. The summed E-state index contributed by atoms with van der Waals surface area (Å²) < 4.78 is 4.74. The molecule has 2 N–H and O–H groups in total. The summed E-state index contributed by atoms with van der Waals surface area (Å²) in [7, 11) is 1.41. The average Bonchev–Trinajstić information content (AvgIpc) is 2.47. The molecule has 1 aromatic carbocycles. The van der Waals surface area contributed by atoms with Crippen LogP contribution in [0, 0.1) is 5.92 Å². The lowest BCUT2D eigenvalue weighted by atomic mass is 9.97.